The number of hydrogen-bond donors (Lipinski definition) is 0. The van der Waals surface area contributed by atoms with Gasteiger partial charge in [-0.2, -0.15) is 4.31 Å². The Labute approximate surface area is 182 Å². The minimum atomic E-state index is -3.63. The van der Waals surface area contributed by atoms with Gasteiger partial charge in [-0.25, -0.2) is 18.2 Å². The molecule has 4 rings (SSSR count). The van der Waals surface area contributed by atoms with Gasteiger partial charge in [0.1, 0.15) is 6.54 Å². The minimum absolute atomic E-state index is 0.0345. The number of hydrogen-bond acceptors (Lipinski definition) is 5. The molecule has 2 fully saturated rings. The lowest BCUT2D eigenvalue weighted by atomic mass is 10.1. The second kappa shape index (κ2) is 9.08. The first-order chi connectivity index (χ1) is 14.9. The molecule has 1 aromatic heterocycles. The van der Waals surface area contributed by atoms with Gasteiger partial charge in [0.2, 0.25) is 15.9 Å². The lowest BCUT2D eigenvalue weighted by Gasteiger charge is -2.32. The third-order valence-electron chi connectivity index (χ3n) is 6.44. The van der Waals surface area contributed by atoms with E-state index in [-0.39, 0.29) is 23.4 Å². The number of likely N-dealkylation sites (tertiary alicyclic amines) is 1. The Morgan fingerprint density at radius 2 is 1.77 bits per heavy atom. The Morgan fingerprint density at radius 1 is 1.06 bits per heavy atom. The zero-order valence-corrected chi connectivity index (χ0v) is 18.8. The number of fused-ring (bicyclic) bond motifs is 1. The number of amides is 1. The van der Waals surface area contributed by atoms with Crippen LogP contribution in [0.3, 0.4) is 0 Å². The summed E-state index contributed by atoms with van der Waals surface area (Å²) in [7, 11) is -3.63. The molecule has 1 aromatic carbocycles. The van der Waals surface area contributed by atoms with Gasteiger partial charge in [-0.3, -0.25) is 9.36 Å². The van der Waals surface area contributed by atoms with Crippen molar-refractivity contribution in [1.29, 1.82) is 0 Å². The molecule has 0 aliphatic carbocycles. The Bertz CT molecular complexity index is 1120. The largest absolute Gasteiger partial charge is 0.348 e. The van der Waals surface area contributed by atoms with Crippen molar-refractivity contribution in [1.82, 2.24) is 18.8 Å². The summed E-state index contributed by atoms with van der Waals surface area (Å²) >= 11 is 0. The van der Waals surface area contributed by atoms with E-state index in [1.54, 1.807) is 16.4 Å². The fourth-order valence-electron chi connectivity index (χ4n) is 4.61. The third-order valence-corrected chi connectivity index (χ3v) is 8.45. The van der Waals surface area contributed by atoms with Crippen LogP contribution in [0.1, 0.15) is 51.9 Å². The molecule has 8 nitrogen and oxygen atoms in total. The van der Waals surface area contributed by atoms with E-state index in [4.69, 9.17) is 0 Å². The molecule has 0 saturated carbocycles. The Kier molecular flexibility index (Phi) is 6.43. The zero-order valence-electron chi connectivity index (χ0n) is 18.0. The normalized spacial score (nSPS) is 21.2. The van der Waals surface area contributed by atoms with Crippen molar-refractivity contribution in [3.05, 3.63) is 34.9 Å². The summed E-state index contributed by atoms with van der Waals surface area (Å²) in [5.74, 6) is -0.0999. The van der Waals surface area contributed by atoms with E-state index in [1.165, 1.54) is 16.8 Å². The van der Waals surface area contributed by atoms with Crippen LogP contribution in [0.25, 0.3) is 10.9 Å². The molecule has 2 saturated heterocycles. The Morgan fingerprint density at radius 3 is 2.48 bits per heavy atom. The highest BCUT2D eigenvalue weighted by Gasteiger charge is 2.31. The molecule has 168 valence electrons. The van der Waals surface area contributed by atoms with Crippen LogP contribution < -0.4 is 5.69 Å². The standard InChI is InChI=1S/C22H30N4O4S/c1-17-8-4-7-13-26(17)31(29,30)19-9-10-20-18(14-19)15-23-22(28)25(20)16-21(27)24-11-5-2-3-6-12-24/h9-10,14-15,17H,2-8,11-13,16H2,1H3/t17-/m1/s1. The predicted molar refractivity (Wildman–Crippen MR) is 118 cm³/mol. The minimum Gasteiger partial charge on any atom is -0.341 e. The third kappa shape index (κ3) is 4.52. The fraction of sp³-hybridized carbons (Fsp3) is 0.591. The highest BCUT2D eigenvalue weighted by molar-refractivity contribution is 7.89. The quantitative estimate of drug-likeness (QED) is 0.719. The SMILES string of the molecule is C[C@@H]1CCCCN1S(=O)(=O)c1ccc2c(cnc(=O)n2CC(=O)N2CCCCCC2)c1. The molecule has 3 heterocycles. The van der Waals surface area contributed by atoms with Crippen molar-refractivity contribution >= 4 is 26.8 Å². The summed E-state index contributed by atoms with van der Waals surface area (Å²) in [5, 5.41) is 0.536. The van der Waals surface area contributed by atoms with Gasteiger partial charge in [-0.1, -0.05) is 19.3 Å². The summed E-state index contributed by atoms with van der Waals surface area (Å²) in [4.78, 5) is 31.2. The van der Waals surface area contributed by atoms with Crippen molar-refractivity contribution in [3.63, 3.8) is 0 Å². The first kappa shape index (κ1) is 22.0. The monoisotopic (exact) mass is 446 g/mol. The van der Waals surface area contributed by atoms with Gasteiger partial charge in [0.15, 0.2) is 0 Å². The first-order valence-electron chi connectivity index (χ1n) is 11.2. The van der Waals surface area contributed by atoms with E-state index in [1.807, 2.05) is 11.8 Å². The highest BCUT2D eigenvalue weighted by Crippen LogP contribution is 2.27. The smallest absolute Gasteiger partial charge is 0.341 e. The summed E-state index contributed by atoms with van der Waals surface area (Å²) < 4.78 is 29.3. The van der Waals surface area contributed by atoms with Gasteiger partial charge in [0.05, 0.1) is 10.4 Å². The molecule has 2 aliphatic heterocycles. The molecule has 2 aromatic rings. The van der Waals surface area contributed by atoms with E-state index in [9.17, 15) is 18.0 Å². The molecular weight excluding hydrogens is 416 g/mol. The fourth-order valence-corrected chi connectivity index (χ4v) is 6.35. The number of sulfonamides is 1. The van der Waals surface area contributed by atoms with E-state index in [0.717, 1.165) is 44.9 Å². The molecular formula is C22H30N4O4S. The van der Waals surface area contributed by atoms with Crippen molar-refractivity contribution in [2.75, 3.05) is 19.6 Å². The lowest BCUT2D eigenvalue weighted by molar-refractivity contribution is -0.131. The van der Waals surface area contributed by atoms with Gasteiger partial charge in [-0.05, 0) is 50.8 Å². The first-order valence-corrected chi connectivity index (χ1v) is 12.6. The molecule has 2 aliphatic rings. The van der Waals surface area contributed by atoms with Crippen molar-refractivity contribution in [3.8, 4) is 0 Å². The zero-order chi connectivity index (χ0) is 22.0. The molecule has 1 amide bonds. The van der Waals surface area contributed by atoms with Crippen molar-refractivity contribution in [2.45, 2.75) is 69.4 Å². The summed E-state index contributed by atoms with van der Waals surface area (Å²) in [6.45, 7) is 3.79. The average Bonchev–Trinajstić information content (AvgIpc) is 3.05. The highest BCUT2D eigenvalue weighted by atomic mass is 32.2. The van der Waals surface area contributed by atoms with Crippen LogP contribution in [0.4, 0.5) is 0 Å². The van der Waals surface area contributed by atoms with Gasteiger partial charge in [0, 0.05) is 37.3 Å². The number of piperidine rings is 1. The number of rotatable bonds is 4. The average molecular weight is 447 g/mol. The maximum absolute atomic E-state index is 13.2. The molecule has 0 N–H and O–H groups in total. The summed E-state index contributed by atoms with van der Waals surface area (Å²) in [6.07, 6.45) is 8.33. The number of benzene rings is 1. The van der Waals surface area contributed by atoms with Crippen LogP contribution in [0.15, 0.2) is 34.1 Å². The van der Waals surface area contributed by atoms with Crippen LogP contribution in [0.2, 0.25) is 0 Å². The number of aromatic nitrogens is 2. The maximum Gasteiger partial charge on any atom is 0.348 e. The molecule has 0 radical (unpaired) electrons. The molecule has 1 atom stereocenters. The van der Waals surface area contributed by atoms with Crippen LogP contribution in [-0.4, -0.2) is 58.8 Å². The van der Waals surface area contributed by atoms with E-state index in [2.05, 4.69) is 4.98 Å². The molecule has 31 heavy (non-hydrogen) atoms. The summed E-state index contributed by atoms with van der Waals surface area (Å²) in [6, 6.07) is 4.68. The van der Waals surface area contributed by atoms with E-state index < -0.39 is 15.7 Å². The number of nitrogens with zero attached hydrogens (tertiary/aromatic N) is 4. The predicted octanol–water partition coefficient (Wildman–Crippen LogP) is 2.36. The van der Waals surface area contributed by atoms with E-state index >= 15 is 0 Å². The van der Waals surface area contributed by atoms with Gasteiger partial charge in [-0.15, -0.1) is 0 Å². The molecule has 0 spiro atoms. The Hall–Kier alpha value is -2.26. The van der Waals surface area contributed by atoms with Crippen molar-refractivity contribution in [2.24, 2.45) is 0 Å². The second-order valence-electron chi connectivity index (χ2n) is 8.60. The second-order valence-corrected chi connectivity index (χ2v) is 10.5. The maximum atomic E-state index is 13.2. The van der Waals surface area contributed by atoms with Gasteiger partial charge in [0.25, 0.3) is 0 Å². The van der Waals surface area contributed by atoms with Gasteiger partial charge >= 0.3 is 5.69 Å². The summed E-state index contributed by atoms with van der Waals surface area (Å²) in [5.41, 5.74) is 0.0183. The molecule has 0 unspecified atom stereocenters. The van der Waals surface area contributed by atoms with E-state index in [0.29, 0.717) is 30.5 Å². The topological polar surface area (TPSA) is 92.6 Å². The number of carbonyl (C=O) groups is 1. The van der Waals surface area contributed by atoms with Crippen LogP contribution in [-0.2, 0) is 21.4 Å². The van der Waals surface area contributed by atoms with Crippen LogP contribution >= 0.6 is 0 Å². The number of carbonyl (C=O) groups excluding carboxylic acids is 1. The van der Waals surface area contributed by atoms with Crippen LogP contribution in [0.5, 0.6) is 0 Å². The van der Waals surface area contributed by atoms with Gasteiger partial charge < -0.3 is 4.90 Å². The Balaban J connectivity index is 1.65. The van der Waals surface area contributed by atoms with Crippen LogP contribution in [0, 0.1) is 0 Å². The molecule has 0 bridgehead atoms. The lowest BCUT2D eigenvalue weighted by Crippen LogP contribution is -2.41. The molecule has 9 heteroatoms. The van der Waals surface area contributed by atoms with Crippen molar-refractivity contribution < 1.29 is 13.2 Å².